The van der Waals surface area contributed by atoms with E-state index in [-0.39, 0.29) is 0 Å². The number of aliphatic imine (C=N–C) groups is 1. The predicted molar refractivity (Wildman–Crippen MR) is 107 cm³/mol. The van der Waals surface area contributed by atoms with Crippen LogP contribution in [0.2, 0.25) is 0 Å². The normalized spacial score (nSPS) is 11.1. The molecule has 2 N–H and O–H groups in total. The van der Waals surface area contributed by atoms with Gasteiger partial charge in [0.15, 0.2) is 5.96 Å². The Hall–Kier alpha value is -2.80. The van der Waals surface area contributed by atoms with Crippen LogP contribution in [0.1, 0.15) is 11.1 Å². The Kier molecular flexibility index (Phi) is 8.92. The number of hydrogen-bond acceptors (Lipinski definition) is 5. The molecule has 0 aliphatic heterocycles. The van der Waals surface area contributed by atoms with Crippen LogP contribution < -0.4 is 20.1 Å². The lowest BCUT2D eigenvalue weighted by atomic mass is 10.1. The molecule has 0 fully saturated rings. The quantitative estimate of drug-likeness (QED) is 0.378. The molecule has 0 aliphatic carbocycles. The topological polar surface area (TPSA) is 77.0 Å². The number of pyridine rings is 1. The lowest BCUT2D eigenvalue weighted by Gasteiger charge is -2.14. The van der Waals surface area contributed by atoms with Crippen LogP contribution in [0.5, 0.6) is 11.6 Å². The first-order valence-corrected chi connectivity index (χ1v) is 8.90. The molecule has 1 aromatic heterocycles. The molecule has 7 heteroatoms. The Labute approximate surface area is 160 Å². The van der Waals surface area contributed by atoms with Crippen molar-refractivity contribution in [3.63, 3.8) is 0 Å². The fourth-order valence-corrected chi connectivity index (χ4v) is 2.53. The SMILES string of the molecule is CN=C(NCCc1ccccc1OC)NCc1cccnc1OCCOC. The molecular formula is C20H28N4O3. The van der Waals surface area contributed by atoms with Gasteiger partial charge in [0.05, 0.1) is 13.7 Å². The smallest absolute Gasteiger partial charge is 0.218 e. The van der Waals surface area contributed by atoms with E-state index in [1.165, 1.54) is 0 Å². The van der Waals surface area contributed by atoms with Crippen molar-refractivity contribution in [3.05, 3.63) is 53.7 Å². The highest BCUT2D eigenvalue weighted by Gasteiger charge is 2.07. The van der Waals surface area contributed by atoms with Crippen LogP contribution >= 0.6 is 0 Å². The highest BCUT2D eigenvalue weighted by molar-refractivity contribution is 5.79. The summed E-state index contributed by atoms with van der Waals surface area (Å²) < 4.78 is 16.1. The van der Waals surface area contributed by atoms with E-state index >= 15 is 0 Å². The summed E-state index contributed by atoms with van der Waals surface area (Å²) in [7, 11) is 5.08. The first kappa shape index (κ1) is 20.5. The molecule has 0 aliphatic rings. The maximum atomic E-state index is 5.66. The van der Waals surface area contributed by atoms with E-state index in [1.807, 2.05) is 30.3 Å². The van der Waals surface area contributed by atoms with Gasteiger partial charge in [-0.3, -0.25) is 4.99 Å². The number of nitrogens with one attached hydrogen (secondary N) is 2. The van der Waals surface area contributed by atoms with Gasteiger partial charge in [-0.15, -0.1) is 0 Å². The minimum absolute atomic E-state index is 0.465. The van der Waals surface area contributed by atoms with E-state index in [0.29, 0.717) is 25.6 Å². The van der Waals surface area contributed by atoms with Crippen LogP contribution in [0.25, 0.3) is 0 Å². The van der Waals surface area contributed by atoms with Gasteiger partial charge in [-0.05, 0) is 24.1 Å². The summed E-state index contributed by atoms with van der Waals surface area (Å²) in [5.41, 5.74) is 2.12. The molecule has 1 aromatic carbocycles. The second kappa shape index (κ2) is 11.7. The molecule has 146 valence electrons. The zero-order chi connectivity index (χ0) is 19.3. The first-order valence-electron chi connectivity index (χ1n) is 8.90. The molecule has 0 radical (unpaired) electrons. The second-order valence-corrected chi connectivity index (χ2v) is 5.72. The van der Waals surface area contributed by atoms with Gasteiger partial charge in [-0.1, -0.05) is 24.3 Å². The van der Waals surface area contributed by atoms with E-state index < -0.39 is 0 Å². The zero-order valence-corrected chi connectivity index (χ0v) is 16.2. The number of methoxy groups -OCH3 is 2. The number of para-hydroxylation sites is 1. The average Bonchev–Trinajstić information content (AvgIpc) is 2.72. The third kappa shape index (κ3) is 6.79. The summed E-state index contributed by atoms with van der Waals surface area (Å²) in [5.74, 6) is 2.22. The van der Waals surface area contributed by atoms with Crippen LogP contribution in [-0.2, 0) is 17.7 Å². The zero-order valence-electron chi connectivity index (χ0n) is 16.2. The number of benzene rings is 1. The molecule has 0 unspecified atom stereocenters. The van der Waals surface area contributed by atoms with Crippen molar-refractivity contribution in [3.8, 4) is 11.6 Å². The molecule has 0 saturated heterocycles. The molecule has 2 aromatic rings. The van der Waals surface area contributed by atoms with Crippen molar-refractivity contribution in [1.82, 2.24) is 15.6 Å². The Morgan fingerprint density at radius 1 is 1.04 bits per heavy atom. The lowest BCUT2D eigenvalue weighted by molar-refractivity contribution is 0.143. The molecule has 7 nitrogen and oxygen atoms in total. The largest absolute Gasteiger partial charge is 0.496 e. The van der Waals surface area contributed by atoms with Crippen molar-refractivity contribution >= 4 is 5.96 Å². The van der Waals surface area contributed by atoms with Crippen LogP contribution in [0.15, 0.2) is 47.6 Å². The molecule has 0 bridgehead atoms. The number of guanidine groups is 1. The van der Waals surface area contributed by atoms with Crippen molar-refractivity contribution in [1.29, 1.82) is 0 Å². The van der Waals surface area contributed by atoms with Crippen LogP contribution in [0.3, 0.4) is 0 Å². The number of nitrogens with zero attached hydrogens (tertiary/aromatic N) is 2. The fraction of sp³-hybridized carbons (Fsp3) is 0.400. The third-order valence-corrected chi connectivity index (χ3v) is 3.93. The minimum atomic E-state index is 0.465. The molecular weight excluding hydrogens is 344 g/mol. The Morgan fingerprint density at radius 2 is 1.85 bits per heavy atom. The van der Waals surface area contributed by atoms with Gasteiger partial charge in [0.2, 0.25) is 5.88 Å². The van der Waals surface area contributed by atoms with E-state index in [2.05, 4.69) is 26.7 Å². The maximum Gasteiger partial charge on any atom is 0.218 e. The van der Waals surface area contributed by atoms with Crippen molar-refractivity contribution in [2.75, 3.05) is 41.0 Å². The van der Waals surface area contributed by atoms with E-state index in [1.54, 1.807) is 27.5 Å². The molecule has 27 heavy (non-hydrogen) atoms. The fourth-order valence-electron chi connectivity index (χ4n) is 2.53. The summed E-state index contributed by atoms with van der Waals surface area (Å²) in [6, 6.07) is 11.9. The third-order valence-electron chi connectivity index (χ3n) is 3.93. The second-order valence-electron chi connectivity index (χ2n) is 5.72. The number of aromatic nitrogens is 1. The van der Waals surface area contributed by atoms with Gasteiger partial charge in [0, 0.05) is 39.0 Å². The summed E-state index contributed by atoms with van der Waals surface area (Å²) >= 11 is 0. The summed E-state index contributed by atoms with van der Waals surface area (Å²) in [6.45, 7) is 2.29. The van der Waals surface area contributed by atoms with Crippen molar-refractivity contribution in [2.45, 2.75) is 13.0 Å². The van der Waals surface area contributed by atoms with Crippen LogP contribution in [0, 0.1) is 0 Å². The van der Waals surface area contributed by atoms with Crippen LogP contribution in [-0.4, -0.2) is 52.0 Å². The van der Waals surface area contributed by atoms with Gasteiger partial charge in [0.25, 0.3) is 0 Å². The van der Waals surface area contributed by atoms with Gasteiger partial charge in [-0.2, -0.15) is 0 Å². The average molecular weight is 372 g/mol. The standard InChI is InChI=1S/C20H28N4O3/c1-21-20(23-12-10-16-7-4-5-9-18(16)26-3)24-15-17-8-6-11-22-19(17)27-14-13-25-2/h4-9,11H,10,12-15H2,1-3H3,(H2,21,23,24). The first-order chi connectivity index (χ1) is 13.3. The van der Waals surface area contributed by atoms with Crippen molar-refractivity contribution < 1.29 is 14.2 Å². The molecule has 2 rings (SSSR count). The molecule has 1 heterocycles. The summed E-state index contributed by atoms with van der Waals surface area (Å²) in [5, 5.41) is 6.60. The minimum Gasteiger partial charge on any atom is -0.496 e. The van der Waals surface area contributed by atoms with E-state index in [4.69, 9.17) is 14.2 Å². The van der Waals surface area contributed by atoms with E-state index in [9.17, 15) is 0 Å². The molecule has 0 saturated carbocycles. The van der Waals surface area contributed by atoms with Crippen LogP contribution in [0.4, 0.5) is 0 Å². The maximum absolute atomic E-state index is 5.66. The van der Waals surface area contributed by atoms with Gasteiger partial charge in [-0.25, -0.2) is 4.98 Å². The Balaban J connectivity index is 1.84. The highest BCUT2D eigenvalue weighted by Crippen LogP contribution is 2.17. The number of rotatable bonds is 10. The summed E-state index contributed by atoms with van der Waals surface area (Å²) in [4.78, 5) is 8.55. The molecule has 0 spiro atoms. The van der Waals surface area contributed by atoms with Gasteiger partial charge < -0.3 is 24.8 Å². The van der Waals surface area contributed by atoms with Gasteiger partial charge >= 0.3 is 0 Å². The molecule has 0 amide bonds. The van der Waals surface area contributed by atoms with E-state index in [0.717, 1.165) is 35.8 Å². The lowest BCUT2D eigenvalue weighted by Crippen LogP contribution is -2.38. The van der Waals surface area contributed by atoms with Gasteiger partial charge in [0.1, 0.15) is 12.4 Å². The molecule has 0 atom stereocenters. The monoisotopic (exact) mass is 372 g/mol. The Bertz CT molecular complexity index is 722. The Morgan fingerprint density at radius 3 is 2.63 bits per heavy atom. The summed E-state index contributed by atoms with van der Waals surface area (Å²) in [6.07, 6.45) is 2.55. The van der Waals surface area contributed by atoms with Crippen molar-refractivity contribution in [2.24, 2.45) is 4.99 Å². The predicted octanol–water partition coefficient (Wildman–Crippen LogP) is 2.02. The number of ether oxygens (including phenoxy) is 3. The highest BCUT2D eigenvalue weighted by atomic mass is 16.5. The number of hydrogen-bond donors (Lipinski definition) is 2.